The molecule has 7 heteroatoms. The average molecular weight is 604 g/mol. The lowest BCUT2D eigenvalue weighted by Crippen LogP contribution is -2.60. The lowest BCUT2D eigenvalue weighted by molar-refractivity contribution is -0.126. The van der Waals surface area contributed by atoms with Gasteiger partial charge >= 0.3 is 0 Å². The predicted octanol–water partition coefficient (Wildman–Crippen LogP) is 6.00. The minimum Gasteiger partial charge on any atom is -0.493 e. The van der Waals surface area contributed by atoms with Gasteiger partial charge in [0.05, 0.1) is 35.8 Å². The molecule has 8 rings (SSSR count). The topological polar surface area (TPSA) is 71.0 Å². The number of carbonyl (C=O) groups excluding carboxylic acids is 1. The minimum atomic E-state index is -0.323. The van der Waals surface area contributed by atoms with Gasteiger partial charge in [-0.15, -0.1) is 0 Å². The molecule has 8 aliphatic rings. The normalized spacial score (nSPS) is 44.5. The van der Waals surface area contributed by atoms with E-state index in [9.17, 15) is 9.90 Å². The summed E-state index contributed by atoms with van der Waals surface area (Å²) in [4.78, 5) is 18.7. The third-order valence-corrected chi connectivity index (χ3v) is 12.6. The van der Waals surface area contributed by atoms with Crippen molar-refractivity contribution < 1.29 is 19.5 Å². The molecular weight excluding hydrogens is 556 g/mol. The molecule has 39 heavy (non-hydrogen) atoms. The molecule has 2 N–H and O–H groups in total. The zero-order chi connectivity index (χ0) is 26.8. The van der Waals surface area contributed by atoms with E-state index < -0.39 is 0 Å². The van der Waals surface area contributed by atoms with Crippen molar-refractivity contribution in [2.24, 2.45) is 35.0 Å². The predicted molar refractivity (Wildman–Crippen MR) is 153 cm³/mol. The zero-order valence-corrected chi connectivity index (χ0v) is 25.2. The van der Waals surface area contributed by atoms with Crippen molar-refractivity contribution in [3.05, 3.63) is 23.6 Å². The second kappa shape index (κ2) is 10.3. The highest BCUT2D eigenvalue weighted by Gasteiger charge is 2.56. The first-order chi connectivity index (χ1) is 18.8. The molecule has 5 saturated carbocycles. The van der Waals surface area contributed by atoms with E-state index >= 15 is 0 Å². The van der Waals surface area contributed by atoms with Gasteiger partial charge in [-0.05, 0) is 99.9 Å². The molecule has 4 bridgehead atoms. The molecule has 2 heterocycles. The number of aliphatic hydroxyl groups excluding tert-OH is 1. The van der Waals surface area contributed by atoms with Crippen LogP contribution < -0.4 is 5.32 Å². The number of unbranched alkanes of at least 4 members (excludes halogenated alkanes) is 1. The first-order valence-corrected chi connectivity index (χ1v) is 16.8. The van der Waals surface area contributed by atoms with E-state index in [4.69, 9.17) is 9.57 Å². The van der Waals surface area contributed by atoms with Crippen molar-refractivity contribution in [2.75, 3.05) is 13.7 Å². The largest absolute Gasteiger partial charge is 0.493 e. The van der Waals surface area contributed by atoms with Gasteiger partial charge in [0, 0.05) is 24.1 Å². The number of hydroxylamine groups is 2. The van der Waals surface area contributed by atoms with Crippen molar-refractivity contribution in [1.82, 2.24) is 10.4 Å². The molecule has 0 saturated heterocycles. The van der Waals surface area contributed by atoms with Gasteiger partial charge in [0.1, 0.15) is 6.10 Å². The van der Waals surface area contributed by atoms with Gasteiger partial charge in [0.2, 0.25) is 5.91 Å². The number of carbonyl (C=O) groups is 1. The van der Waals surface area contributed by atoms with Gasteiger partial charge in [-0.2, -0.15) is 0 Å². The second-order valence-electron chi connectivity index (χ2n) is 14.5. The molecule has 3 unspecified atom stereocenters. The van der Waals surface area contributed by atoms with Crippen LogP contribution in [-0.2, 0) is 14.4 Å². The van der Waals surface area contributed by atoms with Gasteiger partial charge in [-0.25, -0.2) is 0 Å². The van der Waals surface area contributed by atoms with E-state index in [2.05, 4.69) is 33.5 Å². The van der Waals surface area contributed by atoms with E-state index in [-0.39, 0.29) is 39.8 Å². The molecule has 6 atom stereocenters. The van der Waals surface area contributed by atoms with Crippen LogP contribution in [0.2, 0.25) is 0 Å². The van der Waals surface area contributed by atoms with Crippen LogP contribution in [0.5, 0.6) is 0 Å². The Hall–Kier alpha value is -1.05. The Labute approximate surface area is 242 Å². The maximum Gasteiger partial charge on any atom is 0.234 e. The summed E-state index contributed by atoms with van der Waals surface area (Å²) in [6, 6.07) is 0. The molecule has 2 aliphatic heterocycles. The average Bonchev–Trinajstić information content (AvgIpc) is 3.11. The standard InChI is InChI=1S/C32H47BrN2O4/c1-38-35-9-8-32-18-20(6-7-28(32)39-27-14-25(36)13-24(19-35)29(27)32)4-2-3-5-26(33)30(37)34-31-15-21-10-22(16-31)12-23(11-21)17-31/h8-9,20-26,28,36H,2-7,10-19H2,1H3,(H,34,37)/t20?,21?,22?,23?,24-,25-,26?,28+,31?,32?/m1/s1. The van der Waals surface area contributed by atoms with E-state index in [0.29, 0.717) is 12.3 Å². The Kier molecular flexibility index (Phi) is 7.11. The number of nitrogens with zero attached hydrogens (tertiary/aromatic N) is 1. The van der Waals surface area contributed by atoms with Crippen molar-refractivity contribution in [3.63, 3.8) is 0 Å². The molecule has 0 aromatic heterocycles. The first-order valence-electron chi connectivity index (χ1n) is 15.9. The summed E-state index contributed by atoms with van der Waals surface area (Å²) in [7, 11) is 1.73. The van der Waals surface area contributed by atoms with Crippen molar-refractivity contribution in [3.8, 4) is 0 Å². The fraction of sp³-hybridized carbons (Fsp3) is 0.844. The first kappa shape index (κ1) is 26.8. The Bertz CT molecular complexity index is 992. The third-order valence-electron chi connectivity index (χ3n) is 11.7. The van der Waals surface area contributed by atoms with Crippen LogP contribution in [0.4, 0.5) is 0 Å². The highest BCUT2D eigenvalue weighted by Crippen LogP contribution is 2.60. The Morgan fingerprint density at radius 1 is 1.15 bits per heavy atom. The van der Waals surface area contributed by atoms with Gasteiger partial charge in [0.25, 0.3) is 0 Å². The smallest absolute Gasteiger partial charge is 0.234 e. The van der Waals surface area contributed by atoms with Crippen LogP contribution in [0.15, 0.2) is 23.6 Å². The number of alkyl halides is 1. The SMILES string of the molecule is CON1C=CC23CC(CCCCC(Br)C(=O)NC45CC6CC(CC(C6)C4)C5)CC[C@@H]2OC2=C3[C@H](C[C@@H](O)C2)C1. The molecule has 5 fully saturated rings. The fourth-order valence-corrected chi connectivity index (χ4v) is 11.0. The highest BCUT2D eigenvalue weighted by atomic mass is 79.9. The monoisotopic (exact) mass is 602 g/mol. The van der Waals surface area contributed by atoms with Gasteiger partial charge in [-0.1, -0.05) is 41.3 Å². The van der Waals surface area contributed by atoms with Crippen molar-refractivity contribution >= 4 is 21.8 Å². The van der Waals surface area contributed by atoms with Gasteiger partial charge < -0.3 is 15.2 Å². The number of aliphatic hydroxyl groups is 1. The number of hydrogen-bond donors (Lipinski definition) is 2. The summed E-state index contributed by atoms with van der Waals surface area (Å²) in [6.07, 6.45) is 21.5. The van der Waals surface area contributed by atoms with Crippen molar-refractivity contribution in [1.29, 1.82) is 0 Å². The summed E-state index contributed by atoms with van der Waals surface area (Å²) >= 11 is 3.76. The van der Waals surface area contributed by atoms with E-state index in [1.807, 2.05) is 5.06 Å². The molecule has 6 aliphatic carbocycles. The summed E-state index contributed by atoms with van der Waals surface area (Å²) in [5.74, 6) is 4.81. The van der Waals surface area contributed by atoms with Gasteiger partial charge in [-0.3, -0.25) is 14.7 Å². The van der Waals surface area contributed by atoms with Crippen LogP contribution in [0.25, 0.3) is 0 Å². The van der Waals surface area contributed by atoms with E-state index in [1.165, 1.54) is 63.4 Å². The lowest BCUT2D eigenvalue weighted by atomic mass is 9.53. The molecule has 0 aromatic carbocycles. The van der Waals surface area contributed by atoms with Crippen LogP contribution in [0, 0.1) is 35.0 Å². The van der Waals surface area contributed by atoms with Crippen molar-refractivity contribution in [2.45, 2.75) is 119 Å². The summed E-state index contributed by atoms with van der Waals surface area (Å²) in [5.41, 5.74) is 1.51. The molecular formula is C32H47BrN2O4. The summed E-state index contributed by atoms with van der Waals surface area (Å²) < 4.78 is 6.56. The van der Waals surface area contributed by atoms with Gasteiger partial charge in [0.15, 0.2) is 0 Å². The maximum atomic E-state index is 13.2. The second-order valence-corrected chi connectivity index (χ2v) is 15.6. The molecule has 6 nitrogen and oxygen atoms in total. The highest BCUT2D eigenvalue weighted by molar-refractivity contribution is 9.10. The number of rotatable bonds is 8. The molecule has 1 spiro atoms. The Morgan fingerprint density at radius 3 is 2.62 bits per heavy atom. The quantitative estimate of drug-likeness (QED) is 0.263. The molecule has 1 amide bonds. The summed E-state index contributed by atoms with van der Waals surface area (Å²) in [5, 5.41) is 16.0. The number of nitrogens with one attached hydrogen (secondary N) is 1. The number of hydrogen-bond acceptors (Lipinski definition) is 5. The number of halogens is 1. The number of amides is 1. The maximum absolute atomic E-state index is 13.2. The number of ether oxygens (including phenoxy) is 1. The van der Waals surface area contributed by atoms with Crippen LogP contribution >= 0.6 is 15.9 Å². The molecule has 0 aromatic rings. The Morgan fingerprint density at radius 2 is 1.90 bits per heavy atom. The van der Waals surface area contributed by atoms with Crippen LogP contribution in [0.1, 0.15) is 96.3 Å². The van der Waals surface area contributed by atoms with Crippen LogP contribution in [0.3, 0.4) is 0 Å². The Balaban J connectivity index is 0.934. The molecule has 216 valence electrons. The minimum absolute atomic E-state index is 0.0496. The summed E-state index contributed by atoms with van der Waals surface area (Å²) in [6.45, 7) is 0.781. The molecule has 0 radical (unpaired) electrons. The van der Waals surface area contributed by atoms with E-state index in [1.54, 1.807) is 7.11 Å². The zero-order valence-electron chi connectivity index (χ0n) is 23.6. The van der Waals surface area contributed by atoms with E-state index in [0.717, 1.165) is 62.2 Å². The lowest BCUT2D eigenvalue weighted by Gasteiger charge is -2.57. The fourth-order valence-electron chi connectivity index (χ4n) is 10.6. The van der Waals surface area contributed by atoms with Crippen LogP contribution in [-0.4, -0.2) is 52.3 Å². The third kappa shape index (κ3) is 4.90.